The molecule has 144 valence electrons. The van der Waals surface area contributed by atoms with Crippen molar-refractivity contribution in [3.63, 3.8) is 0 Å². The number of nitrogens with zero attached hydrogens (tertiary/aromatic N) is 1. The zero-order valence-electron chi connectivity index (χ0n) is 15.8. The molecule has 0 radical (unpaired) electrons. The number of rotatable bonds is 1. The molecular weight excluding hydrogens is 368 g/mol. The Kier molecular flexibility index (Phi) is 5.38. The van der Waals surface area contributed by atoms with Crippen LogP contribution < -0.4 is 5.48 Å². The number of likely N-dealkylation sites (tertiary alicyclic amines) is 1. The summed E-state index contributed by atoms with van der Waals surface area (Å²) in [6.45, 7) is 6.19. The van der Waals surface area contributed by atoms with Gasteiger partial charge in [0.1, 0.15) is 17.4 Å². The van der Waals surface area contributed by atoms with Crippen LogP contribution in [0, 0.1) is 11.8 Å². The number of carbonyl (C=O) groups excluding carboxylic acids is 1. The minimum atomic E-state index is -0.802. The molecule has 0 bridgehead atoms. The van der Waals surface area contributed by atoms with Crippen LogP contribution in [-0.2, 0) is 14.3 Å². The van der Waals surface area contributed by atoms with E-state index in [2.05, 4.69) is 17.3 Å². The highest BCUT2D eigenvalue weighted by Crippen LogP contribution is 2.33. The smallest absolute Gasteiger partial charge is 0.410 e. The summed E-state index contributed by atoms with van der Waals surface area (Å²) < 4.78 is 11.0. The Morgan fingerprint density at radius 2 is 2.19 bits per heavy atom. The summed E-state index contributed by atoms with van der Waals surface area (Å²) in [7, 11) is 1.60. The Bertz CT molecular complexity index is 821. The standard InChI is InChI=1S/C20H23ClN2O4/c1-19(2,3)26-18(24)23-12-17(25-4)20(13-23)11-16(22-27-20)9-8-14-6-5-7-15(21)10-14/h5-7,10-11,17,22H,12-13H2,1-4H3. The third kappa shape index (κ3) is 4.56. The fraction of sp³-hybridized carbons (Fsp3) is 0.450. The van der Waals surface area contributed by atoms with Gasteiger partial charge in [-0.3, -0.25) is 10.3 Å². The number of allylic oxidation sites excluding steroid dienone is 1. The number of carbonyl (C=O) groups is 1. The van der Waals surface area contributed by atoms with Crippen molar-refractivity contribution < 1.29 is 19.1 Å². The van der Waals surface area contributed by atoms with Gasteiger partial charge in [-0.15, -0.1) is 0 Å². The van der Waals surface area contributed by atoms with E-state index in [9.17, 15) is 4.79 Å². The van der Waals surface area contributed by atoms with E-state index in [0.717, 1.165) is 5.56 Å². The number of hydrogen-bond donors (Lipinski definition) is 1. The number of ether oxygens (including phenoxy) is 2. The zero-order valence-corrected chi connectivity index (χ0v) is 16.6. The van der Waals surface area contributed by atoms with E-state index in [1.54, 1.807) is 24.1 Å². The molecule has 2 unspecified atom stereocenters. The van der Waals surface area contributed by atoms with Crippen molar-refractivity contribution in [3.8, 4) is 11.8 Å². The number of benzene rings is 1. The first kappa shape index (κ1) is 19.6. The highest BCUT2D eigenvalue weighted by Gasteiger charge is 2.52. The van der Waals surface area contributed by atoms with Gasteiger partial charge in [0, 0.05) is 17.7 Å². The third-order valence-electron chi connectivity index (χ3n) is 4.21. The maximum atomic E-state index is 12.4. The van der Waals surface area contributed by atoms with Crippen LogP contribution in [0.15, 0.2) is 36.0 Å². The van der Waals surface area contributed by atoms with Gasteiger partial charge in [0.25, 0.3) is 0 Å². The highest BCUT2D eigenvalue weighted by atomic mass is 35.5. The summed E-state index contributed by atoms with van der Waals surface area (Å²) in [5.41, 5.74) is 2.89. The molecule has 7 heteroatoms. The molecule has 3 rings (SSSR count). The molecule has 1 aromatic carbocycles. The molecule has 2 aliphatic heterocycles. The third-order valence-corrected chi connectivity index (χ3v) is 4.45. The molecule has 0 aromatic heterocycles. The Hall–Kier alpha value is -2.20. The van der Waals surface area contributed by atoms with Crippen molar-refractivity contribution in [2.24, 2.45) is 0 Å². The minimum Gasteiger partial charge on any atom is -0.444 e. The molecule has 1 saturated heterocycles. The zero-order chi connectivity index (χ0) is 19.7. The Morgan fingerprint density at radius 1 is 1.41 bits per heavy atom. The van der Waals surface area contributed by atoms with Crippen LogP contribution in [0.2, 0.25) is 5.02 Å². The molecule has 0 saturated carbocycles. The first-order valence-electron chi connectivity index (χ1n) is 8.66. The molecule has 1 amide bonds. The SMILES string of the molecule is COC1CN(C(=O)OC(C)(C)C)CC12C=C(C#Cc1cccc(Cl)c1)NO2. The van der Waals surface area contributed by atoms with Gasteiger partial charge >= 0.3 is 6.09 Å². The van der Waals surface area contributed by atoms with Crippen molar-refractivity contribution in [2.45, 2.75) is 38.1 Å². The fourth-order valence-corrected chi connectivity index (χ4v) is 3.21. The summed E-state index contributed by atoms with van der Waals surface area (Å²) in [5.74, 6) is 6.07. The van der Waals surface area contributed by atoms with Crippen molar-refractivity contribution in [3.05, 3.63) is 46.6 Å². The maximum absolute atomic E-state index is 12.4. The Labute approximate surface area is 164 Å². The first-order valence-corrected chi connectivity index (χ1v) is 9.04. The van der Waals surface area contributed by atoms with Gasteiger partial charge in [-0.05, 0) is 51.0 Å². The van der Waals surface area contributed by atoms with E-state index < -0.39 is 17.3 Å². The number of methoxy groups -OCH3 is 1. The lowest BCUT2D eigenvalue weighted by molar-refractivity contribution is -0.0970. The number of halogens is 1. The van der Waals surface area contributed by atoms with Crippen LogP contribution in [0.3, 0.4) is 0 Å². The maximum Gasteiger partial charge on any atom is 0.410 e. The largest absolute Gasteiger partial charge is 0.444 e. The molecule has 6 nitrogen and oxygen atoms in total. The Balaban J connectivity index is 1.76. The summed E-state index contributed by atoms with van der Waals surface area (Å²) in [6, 6.07) is 7.31. The molecule has 1 N–H and O–H groups in total. The predicted molar refractivity (Wildman–Crippen MR) is 102 cm³/mol. The highest BCUT2D eigenvalue weighted by molar-refractivity contribution is 6.30. The summed E-state index contributed by atoms with van der Waals surface area (Å²) >= 11 is 5.98. The average molecular weight is 391 g/mol. The summed E-state index contributed by atoms with van der Waals surface area (Å²) in [5, 5.41) is 0.631. The van der Waals surface area contributed by atoms with Crippen LogP contribution in [0.5, 0.6) is 0 Å². The summed E-state index contributed by atoms with van der Waals surface area (Å²) in [6.07, 6.45) is 1.14. The van der Waals surface area contributed by atoms with Gasteiger partial charge in [-0.1, -0.05) is 23.6 Å². The van der Waals surface area contributed by atoms with Crippen molar-refractivity contribution >= 4 is 17.7 Å². The van der Waals surface area contributed by atoms with E-state index in [4.69, 9.17) is 25.9 Å². The monoisotopic (exact) mass is 390 g/mol. The van der Waals surface area contributed by atoms with Crippen LogP contribution in [0.4, 0.5) is 4.79 Å². The molecule has 2 heterocycles. The molecule has 27 heavy (non-hydrogen) atoms. The van der Waals surface area contributed by atoms with Crippen molar-refractivity contribution in [1.29, 1.82) is 0 Å². The predicted octanol–water partition coefficient (Wildman–Crippen LogP) is 3.11. The lowest BCUT2D eigenvalue weighted by Crippen LogP contribution is -2.43. The molecule has 1 fully saturated rings. The van der Waals surface area contributed by atoms with Gasteiger partial charge in [-0.25, -0.2) is 4.79 Å². The number of hydrogen-bond acceptors (Lipinski definition) is 5. The van der Waals surface area contributed by atoms with Gasteiger partial charge in [0.15, 0.2) is 5.60 Å². The van der Waals surface area contributed by atoms with Crippen molar-refractivity contribution in [2.75, 3.05) is 20.2 Å². The molecule has 2 atom stereocenters. The Morgan fingerprint density at radius 3 is 2.85 bits per heavy atom. The number of nitrogens with one attached hydrogen (secondary N) is 1. The molecule has 1 spiro atoms. The van der Waals surface area contributed by atoms with E-state index >= 15 is 0 Å². The van der Waals surface area contributed by atoms with Crippen LogP contribution in [-0.4, -0.2) is 48.5 Å². The lowest BCUT2D eigenvalue weighted by Gasteiger charge is -2.25. The van der Waals surface area contributed by atoms with Gasteiger partial charge in [-0.2, -0.15) is 0 Å². The van der Waals surface area contributed by atoms with E-state index in [-0.39, 0.29) is 6.10 Å². The van der Waals surface area contributed by atoms with Crippen molar-refractivity contribution in [1.82, 2.24) is 10.4 Å². The fourth-order valence-electron chi connectivity index (χ4n) is 3.02. The second kappa shape index (κ2) is 7.43. The summed E-state index contributed by atoms with van der Waals surface area (Å²) in [4.78, 5) is 19.8. The van der Waals surface area contributed by atoms with Gasteiger partial charge < -0.3 is 14.4 Å². The second-order valence-electron chi connectivity index (χ2n) is 7.56. The molecular formula is C20H23ClN2O4. The van der Waals surface area contributed by atoms with E-state index in [1.165, 1.54) is 0 Å². The quantitative estimate of drug-likeness (QED) is 0.746. The lowest BCUT2D eigenvalue weighted by atomic mass is 9.99. The van der Waals surface area contributed by atoms with E-state index in [1.807, 2.05) is 39.0 Å². The van der Waals surface area contributed by atoms with Crippen LogP contribution in [0.25, 0.3) is 0 Å². The second-order valence-corrected chi connectivity index (χ2v) is 8.00. The van der Waals surface area contributed by atoms with Crippen LogP contribution >= 0.6 is 11.6 Å². The molecule has 1 aromatic rings. The minimum absolute atomic E-state index is 0.315. The molecule has 0 aliphatic carbocycles. The molecule has 2 aliphatic rings. The van der Waals surface area contributed by atoms with Gasteiger partial charge in [0.05, 0.1) is 13.1 Å². The number of amides is 1. The van der Waals surface area contributed by atoms with E-state index in [0.29, 0.717) is 23.8 Å². The average Bonchev–Trinajstić information content (AvgIpc) is 3.16. The van der Waals surface area contributed by atoms with Crippen LogP contribution in [0.1, 0.15) is 26.3 Å². The number of hydroxylamine groups is 1. The first-order chi connectivity index (χ1) is 12.7. The topological polar surface area (TPSA) is 60.0 Å². The van der Waals surface area contributed by atoms with Gasteiger partial charge in [0.2, 0.25) is 0 Å². The normalized spacial score (nSPS) is 24.3.